The fourth-order valence-corrected chi connectivity index (χ4v) is 7.38. The minimum absolute atomic E-state index is 0.642. The molecule has 4 heteroatoms. The van der Waals surface area contributed by atoms with E-state index in [2.05, 4.69) is 121 Å². The highest BCUT2D eigenvalue weighted by molar-refractivity contribution is 7.26. The molecule has 41 heavy (non-hydrogen) atoms. The second-order valence-corrected chi connectivity index (χ2v) is 11.4. The van der Waals surface area contributed by atoms with Crippen molar-refractivity contribution in [3.05, 3.63) is 127 Å². The molecule has 0 radical (unpaired) electrons. The van der Waals surface area contributed by atoms with Gasteiger partial charge in [0.15, 0.2) is 5.82 Å². The molecule has 0 saturated carbocycles. The molecule has 0 aliphatic carbocycles. The Morgan fingerprint density at radius 1 is 0.415 bits per heavy atom. The maximum atomic E-state index is 5.39. The molecule has 190 valence electrons. The van der Waals surface area contributed by atoms with Crippen molar-refractivity contribution < 1.29 is 0 Å². The normalized spacial score (nSPS) is 11.9. The number of pyridine rings is 1. The molecule has 6 aromatic carbocycles. The lowest BCUT2D eigenvalue weighted by atomic mass is 9.98. The van der Waals surface area contributed by atoms with Gasteiger partial charge in [-0.25, -0.2) is 15.0 Å². The molecule has 3 aromatic heterocycles. The van der Waals surface area contributed by atoms with Gasteiger partial charge in [0.05, 0.1) is 21.4 Å². The third kappa shape index (κ3) is 3.35. The van der Waals surface area contributed by atoms with E-state index in [1.165, 1.54) is 30.9 Å². The Labute approximate surface area is 239 Å². The largest absolute Gasteiger partial charge is 0.242 e. The molecule has 3 nitrogen and oxygen atoms in total. The fraction of sp³-hybridized carbons (Fsp3) is 0. The van der Waals surface area contributed by atoms with Gasteiger partial charge >= 0.3 is 0 Å². The first kappa shape index (κ1) is 22.6. The Balaban J connectivity index is 1.41. The summed E-state index contributed by atoms with van der Waals surface area (Å²) in [5, 5.41) is 9.27. The van der Waals surface area contributed by atoms with E-state index in [0.29, 0.717) is 5.82 Å². The average molecular weight is 540 g/mol. The Kier molecular flexibility index (Phi) is 4.77. The predicted molar refractivity (Wildman–Crippen MR) is 174 cm³/mol. The zero-order chi connectivity index (χ0) is 26.9. The van der Waals surface area contributed by atoms with Crippen molar-refractivity contribution in [3.63, 3.8) is 0 Å². The number of benzene rings is 6. The summed E-state index contributed by atoms with van der Waals surface area (Å²) >= 11 is 1.80. The van der Waals surface area contributed by atoms with Crippen LogP contribution < -0.4 is 0 Å². The van der Waals surface area contributed by atoms with Crippen molar-refractivity contribution in [2.24, 2.45) is 0 Å². The molecule has 0 fully saturated rings. The van der Waals surface area contributed by atoms with Gasteiger partial charge in [0.2, 0.25) is 0 Å². The lowest BCUT2D eigenvalue weighted by Crippen LogP contribution is -1.98. The van der Waals surface area contributed by atoms with Crippen LogP contribution in [0.5, 0.6) is 0 Å². The fourth-order valence-electron chi connectivity index (χ4n) is 6.19. The molecule has 9 rings (SSSR count). The molecule has 0 saturated heterocycles. The van der Waals surface area contributed by atoms with Gasteiger partial charge in [-0.2, -0.15) is 0 Å². The van der Waals surface area contributed by atoms with Gasteiger partial charge in [-0.1, -0.05) is 115 Å². The standard InChI is InChI=1S/C37H21N3S/c1-2-12-23-22(10-1)11-9-17-26(23)33-30-16-5-7-18-31(30)38-37(40-33)35-27-15-4-3-13-24(27)28-20-21-29-25-14-6-8-19-32(25)41-36(29)34(28)39-35/h1-21H. The molecule has 0 N–H and O–H groups in total. The lowest BCUT2D eigenvalue weighted by molar-refractivity contribution is 1.21. The van der Waals surface area contributed by atoms with Crippen molar-refractivity contribution in [1.82, 2.24) is 15.0 Å². The van der Waals surface area contributed by atoms with Crippen LogP contribution in [0.25, 0.3) is 86.3 Å². The van der Waals surface area contributed by atoms with Crippen molar-refractivity contribution >= 4 is 74.9 Å². The second kappa shape index (κ2) is 8.65. The number of hydrogen-bond acceptors (Lipinski definition) is 4. The Hall–Kier alpha value is -5.19. The summed E-state index contributed by atoms with van der Waals surface area (Å²) < 4.78 is 2.47. The van der Waals surface area contributed by atoms with Crippen LogP contribution in [0.2, 0.25) is 0 Å². The SMILES string of the molecule is c1ccc2c(-c3nc(-c4nc5c(ccc6c7ccccc7sc65)c5ccccc45)nc4ccccc34)cccc2c1. The van der Waals surface area contributed by atoms with Gasteiger partial charge < -0.3 is 0 Å². The number of para-hydroxylation sites is 1. The first-order chi connectivity index (χ1) is 20.3. The van der Waals surface area contributed by atoms with E-state index in [1.807, 2.05) is 6.07 Å². The monoisotopic (exact) mass is 539 g/mol. The first-order valence-corrected chi connectivity index (χ1v) is 14.5. The summed E-state index contributed by atoms with van der Waals surface area (Å²) in [5.74, 6) is 0.642. The van der Waals surface area contributed by atoms with E-state index in [4.69, 9.17) is 15.0 Å². The number of aromatic nitrogens is 3. The predicted octanol–water partition coefficient (Wildman–Crippen LogP) is 10.2. The summed E-state index contributed by atoms with van der Waals surface area (Å²) in [7, 11) is 0. The quantitative estimate of drug-likeness (QED) is 0.205. The average Bonchev–Trinajstić information content (AvgIpc) is 3.43. The summed E-state index contributed by atoms with van der Waals surface area (Å²) in [5.41, 5.74) is 4.74. The molecule has 0 aliphatic heterocycles. The summed E-state index contributed by atoms with van der Waals surface area (Å²) in [6.45, 7) is 0. The van der Waals surface area contributed by atoms with Crippen molar-refractivity contribution in [3.8, 4) is 22.8 Å². The van der Waals surface area contributed by atoms with Gasteiger partial charge in [-0.15, -0.1) is 11.3 Å². The molecule has 9 aromatic rings. The minimum Gasteiger partial charge on any atom is -0.242 e. The number of thiophene rings is 1. The maximum Gasteiger partial charge on any atom is 0.179 e. The molecular weight excluding hydrogens is 518 g/mol. The van der Waals surface area contributed by atoms with Crippen LogP contribution in [0.4, 0.5) is 0 Å². The molecular formula is C37H21N3S. The Morgan fingerprint density at radius 3 is 2.00 bits per heavy atom. The number of nitrogens with zero attached hydrogens (tertiary/aromatic N) is 3. The first-order valence-electron chi connectivity index (χ1n) is 13.7. The summed E-state index contributed by atoms with van der Waals surface area (Å²) in [4.78, 5) is 15.8. The van der Waals surface area contributed by atoms with Crippen LogP contribution in [0.1, 0.15) is 0 Å². The Bertz CT molecular complexity index is 2490. The van der Waals surface area contributed by atoms with Crippen LogP contribution in [0.3, 0.4) is 0 Å². The molecule has 0 spiro atoms. The third-order valence-electron chi connectivity index (χ3n) is 8.08. The van der Waals surface area contributed by atoms with Gasteiger partial charge in [0.1, 0.15) is 5.69 Å². The minimum atomic E-state index is 0.642. The van der Waals surface area contributed by atoms with E-state index >= 15 is 0 Å². The maximum absolute atomic E-state index is 5.39. The van der Waals surface area contributed by atoms with Crippen molar-refractivity contribution in [1.29, 1.82) is 0 Å². The lowest BCUT2D eigenvalue weighted by Gasteiger charge is -2.13. The van der Waals surface area contributed by atoms with E-state index in [9.17, 15) is 0 Å². The molecule has 0 amide bonds. The third-order valence-corrected chi connectivity index (χ3v) is 9.27. The van der Waals surface area contributed by atoms with Crippen molar-refractivity contribution in [2.75, 3.05) is 0 Å². The second-order valence-electron chi connectivity index (χ2n) is 10.4. The van der Waals surface area contributed by atoms with Crippen LogP contribution >= 0.6 is 11.3 Å². The number of rotatable bonds is 2. The van der Waals surface area contributed by atoms with Gasteiger partial charge in [0, 0.05) is 37.2 Å². The van der Waals surface area contributed by atoms with Crippen LogP contribution in [-0.2, 0) is 0 Å². The van der Waals surface area contributed by atoms with E-state index < -0.39 is 0 Å². The van der Waals surface area contributed by atoms with Crippen LogP contribution in [0.15, 0.2) is 127 Å². The summed E-state index contributed by atoms with van der Waals surface area (Å²) in [6.07, 6.45) is 0. The highest BCUT2D eigenvalue weighted by atomic mass is 32.1. The zero-order valence-electron chi connectivity index (χ0n) is 21.9. The van der Waals surface area contributed by atoms with Gasteiger partial charge in [0.25, 0.3) is 0 Å². The number of hydrogen-bond donors (Lipinski definition) is 0. The zero-order valence-corrected chi connectivity index (χ0v) is 22.7. The molecule has 0 unspecified atom stereocenters. The number of fused-ring (bicyclic) bond motifs is 9. The van der Waals surface area contributed by atoms with E-state index in [0.717, 1.165) is 49.5 Å². The molecule has 3 heterocycles. The van der Waals surface area contributed by atoms with Crippen molar-refractivity contribution in [2.45, 2.75) is 0 Å². The van der Waals surface area contributed by atoms with Gasteiger partial charge in [-0.3, -0.25) is 0 Å². The van der Waals surface area contributed by atoms with Crippen LogP contribution in [-0.4, -0.2) is 15.0 Å². The van der Waals surface area contributed by atoms with Crippen LogP contribution in [0, 0.1) is 0 Å². The molecule has 0 atom stereocenters. The highest BCUT2D eigenvalue weighted by Gasteiger charge is 2.19. The van der Waals surface area contributed by atoms with Gasteiger partial charge in [-0.05, 0) is 28.3 Å². The van der Waals surface area contributed by atoms with E-state index in [-0.39, 0.29) is 0 Å². The smallest absolute Gasteiger partial charge is 0.179 e. The topological polar surface area (TPSA) is 38.7 Å². The molecule has 0 bridgehead atoms. The summed E-state index contributed by atoms with van der Waals surface area (Å²) in [6, 6.07) is 44.8. The van der Waals surface area contributed by atoms with E-state index in [1.54, 1.807) is 11.3 Å². The highest BCUT2D eigenvalue weighted by Crippen LogP contribution is 2.41. The Morgan fingerprint density at radius 2 is 1.10 bits per heavy atom. The molecule has 0 aliphatic rings.